The normalized spacial score (nSPS) is 14.2. The largest absolute Gasteiger partial charge is 0.472 e. The zero-order valence-corrected chi connectivity index (χ0v) is 43.4. The number of unbranched alkanes of at least 4 members (excludes halogenated alkanes) is 14. The first-order valence-corrected chi connectivity index (χ1v) is 27.6. The van der Waals surface area contributed by atoms with E-state index in [2.05, 4.69) is 118 Å². The van der Waals surface area contributed by atoms with Gasteiger partial charge in [-0.25, -0.2) is 4.57 Å². The lowest BCUT2D eigenvalue weighted by molar-refractivity contribution is -0.161. The summed E-state index contributed by atoms with van der Waals surface area (Å²) in [6.45, 7) is 4.29. The van der Waals surface area contributed by atoms with Crippen LogP contribution in [0.2, 0.25) is 0 Å². The summed E-state index contributed by atoms with van der Waals surface area (Å²) >= 11 is 0. The zero-order chi connectivity index (χ0) is 49.9. The summed E-state index contributed by atoms with van der Waals surface area (Å²) in [5.74, 6) is -1.55. The fourth-order valence-corrected chi connectivity index (χ4v) is 7.36. The number of rotatable bonds is 47. The van der Waals surface area contributed by atoms with Crippen LogP contribution in [-0.2, 0) is 42.2 Å². The van der Waals surface area contributed by atoms with Crippen LogP contribution >= 0.6 is 7.82 Å². The number of allylic oxidation sites excluding steroid dienone is 16. The van der Waals surface area contributed by atoms with Gasteiger partial charge in [-0.1, -0.05) is 182 Å². The Labute approximate surface area is 412 Å². The van der Waals surface area contributed by atoms with E-state index in [0.717, 1.165) is 109 Å². The minimum absolute atomic E-state index is 0.123. The Morgan fingerprint density at radius 1 is 0.426 bits per heavy atom. The van der Waals surface area contributed by atoms with E-state index in [-0.39, 0.29) is 25.9 Å². The van der Waals surface area contributed by atoms with Crippen LogP contribution in [0.4, 0.5) is 0 Å². The molecule has 0 aromatic rings. The Morgan fingerprint density at radius 3 is 1.18 bits per heavy atom. The summed E-state index contributed by atoms with van der Waals surface area (Å²) in [5, 5.41) is 9.76. The van der Waals surface area contributed by atoms with Crippen molar-refractivity contribution in [1.29, 1.82) is 0 Å². The maximum absolute atomic E-state index is 12.8. The summed E-state index contributed by atoms with van der Waals surface area (Å²) in [6, 6.07) is 0. The molecule has 0 aliphatic carbocycles. The van der Waals surface area contributed by atoms with Crippen LogP contribution in [0, 0.1) is 0 Å². The molecule has 0 spiro atoms. The molecule has 3 atom stereocenters. The van der Waals surface area contributed by atoms with Gasteiger partial charge in [-0.05, 0) is 96.3 Å². The van der Waals surface area contributed by atoms with Gasteiger partial charge in [0.25, 0.3) is 0 Å². The highest BCUT2D eigenvalue weighted by Gasteiger charge is 2.28. The summed E-state index contributed by atoms with van der Waals surface area (Å²) in [4.78, 5) is 48.2. The van der Waals surface area contributed by atoms with Gasteiger partial charge >= 0.3 is 25.7 Å². The molecule has 0 bridgehead atoms. The van der Waals surface area contributed by atoms with Crippen LogP contribution in [0.5, 0.6) is 0 Å². The second-order valence-electron chi connectivity index (χ2n) is 16.9. The molecule has 0 saturated heterocycles. The Kier molecular flexibility index (Phi) is 47.2. The molecule has 0 aliphatic heterocycles. The molecule has 0 rings (SSSR count). The van der Waals surface area contributed by atoms with Crippen molar-refractivity contribution in [1.82, 2.24) is 0 Å². The van der Waals surface area contributed by atoms with Gasteiger partial charge < -0.3 is 24.2 Å². The first-order chi connectivity index (χ1) is 33.2. The maximum atomic E-state index is 12.8. The molecule has 0 aromatic carbocycles. The lowest BCUT2D eigenvalue weighted by Crippen LogP contribution is -2.30. The van der Waals surface area contributed by atoms with Crippen molar-refractivity contribution in [2.45, 2.75) is 213 Å². The average Bonchev–Trinajstić information content (AvgIpc) is 3.32. The van der Waals surface area contributed by atoms with E-state index in [1.54, 1.807) is 0 Å². The molecule has 0 amide bonds. The quantitative estimate of drug-likeness (QED) is 0.0197. The highest BCUT2D eigenvalue weighted by molar-refractivity contribution is 7.47. The Bertz CT molecular complexity index is 1510. The number of phosphoric acid groups is 1. The van der Waals surface area contributed by atoms with E-state index >= 15 is 0 Å². The van der Waals surface area contributed by atoms with Gasteiger partial charge in [0.2, 0.25) is 0 Å². The third kappa shape index (κ3) is 47.5. The Morgan fingerprint density at radius 2 is 0.765 bits per heavy atom. The number of carbonyl (C=O) groups excluding carboxylic acids is 3. The van der Waals surface area contributed by atoms with E-state index in [4.69, 9.17) is 23.3 Å². The topological polar surface area (TPSA) is 155 Å². The SMILES string of the molecule is CC/C=C\C/C=C\C/C=C\C/C=C\C/C=C\CCCCCC(=O)OC(COC(=O)CCCCCCCCCCC)COP(=O)(O)OCC(CO)OC(=O)CCCCC/C=C\C/C=C\C/C=C\CC. The molecule has 0 fully saturated rings. The van der Waals surface area contributed by atoms with Crippen LogP contribution in [0.25, 0.3) is 0 Å². The van der Waals surface area contributed by atoms with Gasteiger partial charge in [0.15, 0.2) is 6.10 Å². The van der Waals surface area contributed by atoms with Gasteiger partial charge in [-0.3, -0.25) is 23.4 Å². The van der Waals surface area contributed by atoms with Crippen LogP contribution < -0.4 is 0 Å². The van der Waals surface area contributed by atoms with Crippen molar-refractivity contribution < 1.29 is 52.2 Å². The lowest BCUT2D eigenvalue weighted by Gasteiger charge is -2.21. The van der Waals surface area contributed by atoms with Crippen LogP contribution in [-0.4, -0.2) is 66.5 Å². The lowest BCUT2D eigenvalue weighted by atomic mass is 10.1. The van der Waals surface area contributed by atoms with E-state index in [1.165, 1.54) is 32.1 Å². The van der Waals surface area contributed by atoms with Gasteiger partial charge in [0.05, 0.1) is 19.8 Å². The monoisotopic (exact) mass is 973 g/mol. The summed E-state index contributed by atoms with van der Waals surface area (Å²) in [7, 11) is -4.76. The second kappa shape index (κ2) is 49.8. The maximum Gasteiger partial charge on any atom is 0.472 e. The first-order valence-electron chi connectivity index (χ1n) is 26.1. The molecule has 0 aliphatic rings. The molecule has 11 nitrogen and oxygen atoms in total. The Balaban J connectivity index is 4.79. The van der Waals surface area contributed by atoms with E-state index in [0.29, 0.717) is 19.3 Å². The molecule has 12 heteroatoms. The fraction of sp³-hybridized carbons (Fsp3) is 0.661. The van der Waals surface area contributed by atoms with Crippen LogP contribution in [0.1, 0.15) is 201 Å². The molecular formula is C56H93O11P. The Hall–Kier alpha value is -3.60. The molecule has 0 heterocycles. The van der Waals surface area contributed by atoms with Crippen molar-refractivity contribution in [3.05, 3.63) is 97.2 Å². The highest BCUT2D eigenvalue weighted by Crippen LogP contribution is 2.43. The van der Waals surface area contributed by atoms with Gasteiger partial charge in [0, 0.05) is 19.3 Å². The number of carbonyl (C=O) groups is 3. The van der Waals surface area contributed by atoms with Crippen molar-refractivity contribution in [3.63, 3.8) is 0 Å². The van der Waals surface area contributed by atoms with E-state index in [1.807, 2.05) is 0 Å². The van der Waals surface area contributed by atoms with Gasteiger partial charge in [-0.2, -0.15) is 0 Å². The zero-order valence-electron chi connectivity index (χ0n) is 42.5. The minimum atomic E-state index is -4.76. The number of hydrogen-bond donors (Lipinski definition) is 2. The second-order valence-corrected chi connectivity index (χ2v) is 18.4. The number of aliphatic hydroxyl groups is 1. The first kappa shape index (κ1) is 64.4. The van der Waals surface area contributed by atoms with E-state index < -0.39 is 57.8 Å². The van der Waals surface area contributed by atoms with Crippen LogP contribution in [0.3, 0.4) is 0 Å². The van der Waals surface area contributed by atoms with E-state index in [9.17, 15) is 28.9 Å². The standard InChI is InChI=1S/C56H93O11P/c1-4-7-10-13-16-19-21-23-24-25-26-27-28-30-32-35-38-41-44-47-56(60)67-53(49-63-54(58)45-42-39-36-33-18-15-12-9-6-3)51-65-68(61,62)64-50-52(48-57)66-55(59)46-43-40-37-34-31-29-22-20-17-14-11-8-5-2/h7-8,10-11,16-17,19-20,23-24,26-27,29-32,52-53,57H,4-6,9,12-15,18,21-22,25,28,33-51H2,1-3H3,(H,61,62)/b10-7-,11-8-,19-16-,20-17-,24-23-,27-26-,31-29-,32-30-. The fourth-order valence-electron chi connectivity index (χ4n) is 6.57. The van der Waals surface area contributed by atoms with Crippen molar-refractivity contribution in [2.75, 3.05) is 26.4 Å². The minimum Gasteiger partial charge on any atom is -0.462 e. The van der Waals surface area contributed by atoms with Gasteiger partial charge in [0.1, 0.15) is 12.7 Å². The summed E-state index contributed by atoms with van der Waals surface area (Å²) < 4.78 is 39.3. The number of ether oxygens (including phenoxy) is 3. The summed E-state index contributed by atoms with van der Waals surface area (Å²) in [6.07, 6.45) is 56.7. The van der Waals surface area contributed by atoms with Crippen molar-refractivity contribution in [3.8, 4) is 0 Å². The predicted molar refractivity (Wildman–Crippen MR) is 279 cm³/mol. The number of phosphoric ester groups is 1. The average molecular weight is 973 g/mol. The smallest absolute Gasteiger partial charge is 0.462 e. The number of esters is 3. The highest BCUT2D eigenvalue weighted by atomic mass is 31.2. The molecule has 388 valence electrons. The molecule has 2 N–H and O–H groups in total. The number of hydrogen-bond acceptors (Lipinski definition) is 10. The van der Waals surface area contributed by atoms with Gasteiger partial charge in [-0.15, -0.1) is 0 Å². The molecule has 0 radical (unpaired) electrons. The molecule has 0 aromatic heterocycles. The molecule has 68 heavy (non-hydrogen) atoms. The van der Waals surface area contributed by atoms with Crippen molar-refractivity contribution in [2.24, 2.45) is 0 Å². The molecule has 3 unspecified atom stereocenters. The van der Waals surface area contributed by atoms with Crippen LogP contribution in [0.15, 0.2) is 97.2 Å². The number of aliphatic hydroxyl groups excluding tert-OH is 1. The van der Waals surface area contributed by atoms with Crippen molar-refractivity contribution >= 4 is 25.7 Å². The summed E-state index contributed by atoms with van der Waals surface area (Å²) in [5.41, 5.74) is 0. The predicted octanol–water partition coefficient (Wildman–Crippen LogP) is 14.9. The molecule has 0 saturated carbocycles. The third-order valence-corrected chi connectivity index (χ3v) is 11.5. The third-order valence-electron chi connectivity index (χ3n) is 10.5. The molecular weight excluding hydrogens is 880 g/mol.